The highest BCUT2D eigenvalue weighted by molar-refractivity contribution is 6.31. The predicted molar refractivity (Wildman–Crippen MR) is 67.2 cm³/mol. The van der Waals surface area contributed by atoms with Crippen molar-refractivity contribution in [3.8, 4) is 11.1 Å². The Kier molecular flexibility index (Phi) is 3.13. The summed E-state index contributed by atoms with van der Waals surface area (Å²) in [5.74, 6) is 0. The van der Waals surface area contributed by atoms with Gasteiger partial charge in [-0.05, 0) is 34.9 Å². The molecule has 0 saturated carbocycles. The summed E-state index contributed by atoms with van der Waals surface area (Å²) in [5.41, 5.74) is 9.28. The molecule has 0 aromatic heterocycles. The van der Waals surface area contributed by atoms with Crippen LogP contribution in [0.3, 0.4) is 0 Å². The van der Waals surface area contributed by atoms with Crippen LogP contribution in [0.4, 0.5) is 5.69 Å². The number of nitrogens with two attached hydrogens (primary N) is 1. The standard InChI is InChI=1S/C13H12ClNO/c14-12-5-11(6-13(15)7-12)10-3-1-9(8-16)2-4-10/h1-7,16H,8,15H2. The van der Waals surface area contributed by atoms with E-state index in [1.807, 2.05) is 36.4 Å². The molecule has 2 aromatic carbocycles. The molecule has 0 fully saturated rings. The van der Waals surface area contributed by atoms with Crippen molar-refractivity contribution in [2.24, 2.45) is 0 Å². The molecule has 0 atom stereocenters. The average Bonchev–Trinajstić information content (AvgIpc) is 2.28. The topological polar surface area (TPSA) is 46.2 Å². The lowest BCUT2D eigenvalue weighted by Crippen LogP contribution is -1.87. The van der Waals surface area contributed by atoms with Gasteiger partial charge >= 0.3 is 0 Å². The van der Waals surface area contributed by atoms with Crippen LogP contribution in [0.25, 0.3) is 11.1 Å². The van der Waals surface area contributed by atoms with Gasteiger partial charge < -0.3 is 10.8 Å². The zero-order valence-electron chi connectivity index (χ0n) is 8.65. The van der Waals surface area contributed by atoms with E-state index in [9.17, 15) is 0 Å². The molecular formula is C13H12ClNO. The van der Waals surface area contributed by atoms with Crippen LogP contribution in [0.15, 0.2) is 42.5 Å². The fourth-order valence-corrected chi connectivity index (χ4v) is 1.83. The molecule has 0 heterocycles. The van der Waals surface area contributed by atoms with Crippen LogP contribution in [0.1, 0.15) is 5.56 Å². The SMILES string of the molecule is Nc1cc(Cl)cc(-c2ccc(CO)cc2)c1. The minimum atomic E-state index is 0.0535. The number of rotatable bonds is 2. The van der Waals surface area contributed by atoms with Crippen molar-refractivity contribution in [1.29, 1.82) is 0 Å². The summed E-state index contributed by atoms with van der Waals surface area (Å²) in [6.07, 6.45) is 0. The molecule has 0 radical (unpaired) electrons. The van der Waals surface area contributed by atoms with Crippen LogP contribution in [0.2, 0.25) is 5.02 Å². The Hall–Kier alpha value is -1.51. The van der Waals surface area contributed by atoms with Crippen LogP contribution in [-0.4, -0.2) is 5.11 Å². The smallest absolute Gasteiger partial charge is 0.0681 e. The van der Waals surface area contributed by atoms with Crippen molar-refractivity contribution in [3.05, 3.63) is 53.1 Å². The minimum Gasteiger partial charge on any atom is -0.399 e. The van der Waals surface area contributed by atoms with Crippen LogP contribution < -0.4 is 5.73 Å². The first kappa shape index (κ1) is 11.0. The summed E-state index contributed by atoms with van der Waals surface area (Å²) >= 11 is 5.94. The van der Waals surface area contributed by atoms with E-state index in [2.05, 4.69) is 0 Å². The summed E-state index contributed by atoms with van der Waals surface area (Å²) in [6, 6.07) is 13.1. The van der Waals surface area contributed by atoms with Crippen molar-refractivity contribution < 1.29 is 5.11 Å². The number of nitrogen functional groups attached to an aromatic ring is 1. The Labute approximate surface area is 99.3 Å². The number of anilines is 1. The van der Waals surface area contributed by atoms with Gasteiger partial charge in [-0.25, -0.2) is 0 Å². The van der Waals surface area contributed by atoms with Crippen LogP contribution >= 0.6 is 11.6 Å². The fraction of sp³-hybridized carbons (Fsp3) is 0.0769. The average molecular weight is 234 g/mol. The maximum Gasteiger partial charge on any atom is 0.0681 e. The normalized spacial score (nSPS) is 10.4. The first-order valence-corrected chi connectivity index (χ1v) is 5.33. The van der Waals surface area contributed by atoms with Gasteiger partial charge in [0.05, 0.1) is 6.61 Å². The lowest BCUT2D eigenvalue weighted by atomic mass is 10.0. The molecule has 2 aromatic rings. The lowest BCUT2D eigenvalue weighted by molar-refractivity contribution is 0.282. The Morgan fingerprint density at radius 2 is 1.69 bits per heavy atom. The van der Waals surface area contributed by atoms with Crippen molar-refractivity contribution in [1.82, 2.24) is 0 Å². The summed E-state index contributed by atoms with van der Waals surface area (Å²) in [4.78, 5) is 0. The van der Waals surface area contributed by atoms with E-state index in [-0.39, 0.29) is 6.61 Å². The highest BCUT2D eigenvalue weighted by atomic mass is 35.5. The van der Waals surface area contributed by atoms with E-state index in [4.69, 9.17) is 22.4 Å². The van der Waals surface area contributed by atoms with Gasteiger partial charge in [0, 0.05) is 10.7 Å². The van der Waals surface area contributed by atoms with Gasteiger partial charge in [-0.1, -0.05) is 35.9 Å². The maximum absolute atomic E-state index is 8.95. The van der Waals surface area contributed by atoms with Crippen molar-refractivity contribution in [3.63, 3.8) is 0 Å². The molecule has 0 unspecified atom stereocenters. The molecule has 0 aliphatic rings. The van der Waals surface area contributed by atoms with Gasteiger partial charge in [0.25, 0.3) is 0 Å². The van der Waals surface area contributed by atoms with Gasteiger partial charge in [-0.2, -0.15) is 0 Å². The number of hydrogen-bond acceptors (Lipinski definition) is 2. The van der Waals surface area contributed by atoms with E-state index in [0.717, 1.165) is 16.7 Å². The number of hydrogen-bond donors (Lipinski definition) is 2. The number of halogens is 1. The molecule has 2 nitrogen and oxygen atoms in total. The molecule has 16 heavy (non-hydrogen) atoms. The second-order valence-corrected chi connectivity index (χ2v) is 4.06. The first-order valence-electron chi connectivity index (χ1n) is 4.95. The molecule has 0 aliphatic carbocycles. The zero-order valence-corrected chi connectivity index (χ0v) is 9.41. The summed E-state index contributed by atoms with van der Waals surface area (Å²) in [7, 11) is 0. The Morgan fingerprint density at radius 1 is 1.00 bits per heavy atom. The Balaban J connectivity index is 2.42. The predicted octanol–water partition coefficient (Wildman–Crippen LogP) is 3.08. The monoisotopic (exact) mass is 233 g/mol. The molecular weight excluding hydrogens is 222 g/mol. The molecule has 0 aliphatic heterocycles. The Bertz CT molecular complexity index is 474. The third kappa shape index (κ3) is 2.35. The quantitative estimate of drug-likeness (QED) is 0.783. The fourth-order valence-electron chi connectivity index (χ4n) is 1.58. The van der Waals surface area contributed by atoms with Gasteiger partial charge in [-0.15, -0.1) is 0 Å². The van der Waals surface area contributed by atoms with Crippen LogP contribution in [0, 0.1) is 0 Å². The van der Waals surface area contributed by atoms with Gasteiger partial charge in [-0.3, -0.25) is 0 Å². The van der Waals surface area contributed by atoms with E-state index in [1.165, 1.54) is 0 Å². The molecule has 0 amide bonds. The third-order valence-corrected chi connectivity index (χ3v) is 2.61. The van der Waals surface area contributed by atoms with Crippen molar-refractivity contribution in [2.45, 2.75) is 6.61 Å². The van der Waals surface area contributed by atoms with Crippen molar-refractivity contribution in [2.75, 3.05) is 5.73 Å². The van der Waals surface area contributed by atoms with E-state index >= 15 is 0 Å². The molecule has 3 N–H and O–H groups in total. The van der Waals surface area contributed by atoms with Crippen LogP contribution in [0.5, 0.6) is 0 Å². The maximum atomic E-state index is 8.95. The van der Waals surface area contributed by atoms with Crippen LogP contribution in [-0.2, 0) is 6.61 Å². The minimum absolute atomic E-state index is 0.0535. The van der Waals surface area contributed by atoms with E-state index in [1.54, 1.807) is 6.07 Å². The lowest BCUT2D eigenvalue weighted by Gasteiger charge is -2.05. The Morgan fingerprint density at radius 3 is 2.25 bits per heavy atom. The number of benzene rings is 2. The molecule has 2 rings (SSSR count). The third-order valence-electron chi connectivity index (χ3n) is 2.39. The van der Waals surface area contributed by atoms with Gasteiger partial charge in [0.1, 0.15) is 0 Å². The summed E-state index contributed by atoms with van der Waals surface area (Å²) in [5, 5.41) is 9.57. The summed E-state index contributed by atoms with van der Waals surface area (Å²) in [6.45, 7) is 0.0535. The molecule has 0 saturated heterocycles. The molecule has 3 heteroatoms. The number of aliphatic hydroxyl groups excluding tert-OH is 1. The second-order valence-electron chi connectivity index (χ2n) is 3.63. The second kappa shape index (κ2) is 4.56. The zero-order chi connectivity index (χ0) is 11.5. The summed E-state index contributed by atoms with van der Waals surface area (Å²) < 4.78 is 0. The highest BCUT2D eigenvalue weighted by Gasteiger charge is 2.00. The van der Waals surface area contributed by atoms with Crippen molar-refractivity contribution >= 4 is 17.3 Å². The molecule has 0 spiro atoms. The first-order chi connectivity index (χ1) is 7.69. The largest absolute Gasteiger partial charge is 0.399 e. The van der Waals surface area contributed by atoms with Gasteiger partial charge in [0.15, 0.2) is 0 Å². The highest BCUT2D eigenvalue weighted by Crippen LogP contribution is 2.26. The molecule has 0 bridgehead atoms. The molecule has 82 valence electrons. The van der Waals surface area contributed by atoms with E-state index in [0.29, 0.717) is 10.7 Å². The van der Waals surface area contributed by atoms with Gasteiger partial charge in [0.2, 0.25) is 0 Å². The van der Waals surface area contributed by atoms with E-state index < -0.39 is 0 Å². The number of aliphatic hydroxyl groups is 1.